The van der Waals surface area contributed by atoms with E-state index >= 15 is 0 Å². The Kier molecular flexibility index (Phi) is 5.32. The molecule has 1 amide bonds. The maximum absolute atomic E-state index is 11.8. The van der Waals surface area contributed by atoms with Crippen LogP contribution in [0.25, 0.3) is 0 Å². The van der Waals surface area contributed by atoms with Crippen molar-refractivity contribution < 1.29 is 14.3 Å². The normalized spacial score (nSPS) is 11.1. The van der Waals surface area contributed by atoms with Gasteiger partial charge in [0.2, 0.25) is 0 Å². The van der Waals surface area contributed by atoms with Crippen molar-refractivity contribution in [1.29, 1.82) is 5.26 Å². The predicted molar refractivity (Wildman–Crippen MR) is 62.4 cm³/mol. The average Bonchev–Trinajstić information content (AvgIpc) is 2.43. The van der Waals surface area contributed by atoms with Crippen LogP contribution >= 0.6 is 0 Å². The van der Waals surface area contributed by atoms with Crippen molar-refractivity contribution in [3.05, 3.63) is 30.1 Å². The molecule has 0 radical (unpaired) electrons. The van der Waals surface area contributed by atoms with Crippen LogP contribution in [0.3, 0.4) is 0 Å². The molecule has 1 atom stereocenters. The quantitative estimate of drug-likeness (QED) is 0.771. The molecule has 1 rings (SSSR count). The van der Waals surface area contributed by atoms with Crippen molar-refractivity contribution in [1.82, 2.24) is 10.3 Å². The molecule has 0 saturated heterocycles. The number of carbonyl (C=O) groups excluding carboxylic acids is 2. The number of rotatable bonds is 5. The van der Waals surface area contributed by atoms with E-state index in [0.29, 0.717) is 5.56 Å². The molecule has 18 heavy (non-hydrogen) atoms. The van der Waals surface area contributed by atoms with Crippen molar-refractivity contribution in [3.8, 4) is 6.07 Å². The molecule has 6 heteroatoms. The Labute approximate surface area is 105 Å². The van der Waals surface area contributed by atoms with Crippen molar-refractivity contribution in [2.24, 2.45) is 0 Å². The first kappa shape index (κ1) is 13.6. The van der Waals surface area contributed by atoms with Crippen LogP contribution in [0, 0.1) is 11.3 Å². The summed E-state index contributed by atoms with van der Waals surface area (Å²) in [6.45, 7) is 0. The zero-order valence-electron chi connectivity index (χ0n) is 9.92. The number of carbonyl (C=O) groups is 2. The Bertz CT molecular complexity index is 453. The van der Waals surface area contributed by atoms with Gasteiger partial charge in [0, 0.05) is 18.8 Å². The summed E-state index contributed by atoms with van der Waals surface area (Å²) in [6.07, 6.45) is 3.32. The number of nitrogens with one attached hydrogen (secondary N) is 1. The number of nitriles is 1. The molecule has 0 aliphatic heterocycles. The molecule has 0 fully saturated rings. The molecule has 0 saturated carbocycles. The average molecular weight is 247 g/mol. The summed E-state index contributed by atoms with van der Waals surface area (Å²) in [6, 6.07) is 4.31. The molecule has 1 N–H and O–H groups in total. The van der Waals surface area contributed by atoms with Gasteiger partial charge in [-0.05, 0) is 18.6 Å². The number of hydrogen-bond acceptors (Lipinski definition) is 5. The smallest absolute Gasteiger partial charge is 0.328 e. The Morgan fingerprint density at radius 1 is 1.61 bits per heavy atom. The minimum absolute atomic E-state index is 0.160. The van der Waals surface area contributed by atoms with Gasteiger partial charge in [0.05, 0.1) is 18.7 Å². The fourth-order valence-electron chi connectivity index (χ4n) is 1.34. The summed E-state index contributed by atoms with van der Waals surface area (Å²) in [5.74, 6) is -0.987. The number of esters is 1. The van der Waals surface area contributed by atoms with E-state index in [1.165, 1.54) is 13.3 Å². The summed E-state index contributed by atoms with van der Waals surface area (Å²) in [7, 11) is 1.23. The second-order valence-corrected chi connectivity index (χ2v) is 3.49. The minimum atomic E-state index is -0.817. The van der Waals surface area contributed by atoms with Crippen LogP contribution in [0.15, 0.2) is 24.5 Å². The van der Waals surface area contributed by atoms with E-state index < -0.39 is 17.9 Å². The van der Waals surface area contributed by atoms with Gasteiger partial charge in [0.1, 0.15) is 6.04 Å². The van der Waals surface area contributed by atoms with Gasteiger partial charge in [-0.1, -0.05) is 0 Å². The summed E-state index contributed by atoms with van der Waals surface area (Å²) < 4.78 is 4.57. The minimum Gasteiger partial charge on any atom is -0.467 e. The fraction of sp³-hybridized carbons (Fsp3) is 0.333. The van der Waals surface area contributed by atoms with Crippen LogP contribution < -0.4 is 5.32 Å². The summed E-state index contributed by atoms with van der Waals surface area (Å²) >= 11 is 0. The molecule has 0 aliphatic rings. The lowest BCUT2D eigenvalue weighted by Crippen LogP contribution is -2.41. The number of ether oxygens (including phenoxy) is 1. The Morgan fingerprint density at radius 2 is 2.39 bits per heavy atom. The molecule has 0 unspecified atom stereocenters. The van der Waals surface area contributed by atoms with Crippen molar-refractivity contribution in [3.63, 3.8) is 0 Å². The zero-order valence-corrected chi connectivity index (χ0v) is 9.92. The number of hydrogen-bond donors (Lipinski definition) is 1. The predicted octanol–water partition coefficient (Wildman–Crippen LogP) is 0.657. The van der Waals surface area contributed by atoms with Crippen LogP contribution in [0.1, 0.15) is 23.2 Å². The van der Waals surface area contributed by atoms with Gasteiger partial charge in [-0.25, -0.2) is 4.79 Å². The zero-order chi connectivity index (χ0) is 13.4. The molecule has 94 valence electrons. The first-order chi connectivity index (χ1) is 8.69. The van der Waals surface area contributed by atoms with Gasteiger partial charge in [-0.3, -0.25) is 9.78 Å². The van der Waals surface area contributed by atoms with Crippen LogP contribution in [0.5, 0.6) is 0 Å². The van der Waals surface area contributed by atoms with Gasteiger partial charge in [-0.15, -0.1) is 0 Å². The van der Waals surface area contributed by atoms with Gasteiger partial charge < -0.3 is 10.1 Å². The lowest BCUT2D eigenvalue weighted by Gasteiger charge is -2.14. The second-order valence-electron chi connectivity index (χ2n) is 3.49. The number of aromatic nitrogens is 1. The fourth-order valence-corrected chi connectivity index (χ4v) is 1.34. The Hall–Kier alpha value is -2.42. The van der Waals surface area contributed by atoms with Crippen LogP contribution in [-0.2, 0) is 9.53 Å². The molecule has 0 spiro atoms. The summed E-state index contributed by atoms with van der Waals surface area (Å²) in [4.78, 5) is 27.0. The van der Waals surface area contributed by atoms with E-state index in [0.717, 1.165) is 0 Å². The molecule has 0 bridgehead atoms. The number of pyridine rings is 1. The van der Waals surface area contributed by atoms with Gasteiger partial charge in [0.25, 0.3) is 5.91 Å². The van der Waals surface area contributed by atoms with E-state index in [4.69, 9.17) is 5.26 Å². The third-order valence-corrected chi connectivity index (χ3v) is 2.26. The van der Waals surface area contributed by atoms with Crippen LogP contribution in [0.4, 0.5) is 0 Å². The summed E-state index contributed by atoms with van der Waals surface area (Å²) in [5.41, 5.74) is 0.350. The molecule has 1 aromatic rings. The third kappa shape index (κ3) is 3.87. The highest BCUT2D eigenvalue weighted by Gasteiger charge is 2.21. The number of amides is 1. The maximum atomic E-state index is 11.8. The van der Waals surface area contributed by atoms with E-state index in [2.05, 4.69) is 15.0 Å². The summed E-state index contributed by atoms with van der Waals surface area (Å²) in [5, 5.41) is 11.0. The third-order valence-electron chi connectivity index (χ3n) is 2.26. The lowest BCUT2D eigenvalue weighted by atomic mass is 10.1. The monoisotopic (exact) mass is 247 g/mol. The van der Waals surface area contributed by atoms with Crippen molar-refractivity contribution in [2.75, 3.05) is 7.11 Å². The highest BCUT2D eigenvalue weighted by molar-refractivity contribution is 5.96. The van der Waals surface area contributed by atoms with E-state index in [9.17, 15) is 9.59 Å². The Balaban J connectivity index is 2.69. The highest BCUT2D eigenvalue weighted by atomic mass is 16.5. The number of methoxy groups -OCH3 is 1. The largest absolute Gasteiger partial charge is 0.467 e. The lowest BCUT2D eigenvalue weighted by molar-refractivity contribution is -0.143. The standard InChI is InChI=1S/C12H13N3O3/c1-18-12(17)10(5-2-6-13)15-11(16)9-4-3-7-14-8-9/h3-4,7-8,10H,2,5H2,1H3,(H,15,16)/t10-/m0/s1. The second kappa shape index (κ2) is 7.01. The SMILES string of the molecule is COC(=O)[C@H](CCC#N)NC(=O)c1cccnc1. The molecular weight excluding hydrogens is 234 g/mol. The molecule has 0 aromatic carbocycles. The maximum Gasteiger partial charge on any atom is 0.328 e. The molecule has 6 nitrogen and oxygen atoms in total. The molecule has 1 heterocycles. The van der Waals surface area contributed by atoms with E-state index in [1.807, 2.05) is 6.07 Å². The Morgan fingerprint density at radius 3 is 2.94 bits per heavy atom. The van der Waals surface area contributed by atoms with Crippen molar-refractivity contribution in [2.45, 2.75) is 18.9 Å². The van der Waals surface area contributed by atoms with E-state index in [1.54, 1.807) is 18.3 Å². The van der Waals surface area contributed by atoms with E-state index in [-0.39, 0.29) is 12.8 Å². The first-order valence-electron chi connectivity index (χ1n) is 5.34. The molecular formula is C12H13N3O3. The first-order valence-corrected chi connectivity index (χ1v) is 5.34. The highest BCUT2D eigenvalue weighted by Crippen LogP contribution is 2.02. The van der Waals surface area contributed by atoms with Crippen LogP contribution in [0.2, 0.25) is 0 Å². The molecule has 1 aromatic heterocycles. The van der Waals surface area contributed by atoms with Crippen LogP contribution in [-0.4, -0.2) is 30.0 Å². The number of nitrogens with zero attached hydrogens (tertiary/aromatic N) is 2. The topological polar surface area (TPSA) is 92.1 Å². The van der Waals surface area contributed by atoms with Crippen molar-refractivity contribution >= 4 is 11.9 Å². The van der Waals surface area contributed by atoms with Gasteiger partial charge in [0.15, 0.2) is 0 Å². The molecule has 0 aliphatic carbocycles. The van der Waals surface area contributed by atoms with Gasteiger partial charge >= 0.3 is 5.97 Å². The van der Waals surface area contributed by atoms with Gasteiger partial charge in [-0.2, -0.15) is 5.26 Å².